The fourth-order valence-corrected chi connectivity index (χ4v) is 12.9. The monoisotopic (exact) mass is 1030 g/mol. The van der Waals surface area contributed by atoms with Gasteiger partial charge >= 0.3 is 0 Å². The van der Waals surface area contributed by atoms with Crippen molar-refractivity contribution < 1.29 is 28.7 Å². The first-order valence-corrected chi connectivity index (χ1v) is 27.1. The minimum Gasteiger partial charge on any atom is -0.391 e. The molecule has 2 aliphatic carbocycles. The number of aliphatic hydroxyl groups excluding tert-OH is 1. The van der Waals surface area contributed by atoms with Gasteiger partial charge in [-0.25, -0.2) is 9.37 Å². The second kappa shape index (κ2) is 19.6. The molecule has 4 amide bonds. The maximum Gasteiger partial charge on any atom is 0.282 e. The van der Waals surface area contributed by atoms with E-state index in [2.05, 4.69) is 67.4 Å². The number of β-amino-alcohol motifs (C(OH)–C–C–N with tert-alkyl or cyclic N) is 1. The van der Waals surface area contributed by atoms with Crippen molar-refractivity contribution in [3.8, 4) is 16.1 Å². The second-order valence-electron chi connectivity index (χ2n) is 22.8. The van der Waals surface area contributed by atoms with Crippen LogP contribution in [-0.2, 0) is 24.6 Å². The number of nitrogens with one attached hydrogen (secondary N) is 3. The fraction of sp³-hybridized carbons (Fsp3) is 0.518. The number of hydrogen-bond donors (Lipinski definition) is 4. The van der Waals surface area contributed by atoms with Crippen molar-refractivity contribution in [3.63, 3.8) is 0 Å². The summed E-state index contributed by atoms with van der Waals surface area (Å²) in [5.41, 5.74) is 5.05. The highest BCUT2D eigenvalue weighted by molar-refractivity contribution is 7.13. The maximum absolute atomic E-state index is 14.8. The van der Waals surface area contributed by atoms with Crippen LogP contribution < -0.4 is 21.5 Å². The number of alkyl halides is 1. The van der Waals surface area contributed by atoms with Gasteiger partial charge in [0.05, 0.1) is 61.7 Å². The van der Waals surface area contributed by atoms with Gasteiger partial charge in [-0.1, -0.05) is 74.8 Å². The first-order valence-electron chi connectivity index (χ1n) is 25.9. The molecule has 5 aromatic rings. The topological polar surface area (TPSA) is 179 Å². The number of likely N-dealkylation sites (tertiary alicyclic amines) is 2. The SMILES string of the molecule is Cc1ncsc1-c1ccc([C@H](CC(=O)NC2CCC(N3CCC(c4ccc5c(c4)-n4c(nc(=O)c6c(Cl)cccc64)C5(C)C)CC3)CC2)NC(=O)[C@@H]2C[C@@H](O)CN2C(=O)[C@@H](NC(=O)C2(F)CC2)C(C)(C)C)cc1. The highest BCUT2D eigenvalue weighted by Crippen LogP contribution is 2.45. The number of amides is 4. The summed E-state index contributed by atoms with van der Waals surface area (Å²) in [7, 11) is 0. The van der Waals surface area contributed by atoms with E-state index in [1.54, 1.807) is 32.3 Å². The lowest BCUT2D eigenvalue weighted by Crippen LogP contribution is -2.59. The number of thiazole rings is 1. The molecule has 3 aliphatic heterocycles. The van der Waals surface area contributed by atoms with Gasteiger partial charge in [0.15, 0.2) is 5.67 Å². The lowest BCUT2D eigenvalue weighted by Gasteiger charge is -2.41. The van der Waals surface area contributed by atoms with E-state index in [0.29, 0.717) is 27.9 Å². The van der Waals surface area contributed by atoms with Gasteiger partial charge in [-0.05, 0) is 137 Å². The van der Waals surface area contributed by atoms with Gasteiger partial charge in [0, 0.05) is 25.0 Å². The van der Waals surface area contributed by atoms with E-state index in [4.69, 9.17) is 11.6 Å². The number of hydrogen-bond acceptors (Lipinski definition) is 10. The van der Waals surface area contributed by atoms with Crippen LogP contribution in [0.5, 0.6) is 0 Å². The van der Waals surface area contributed by atoms with Gasteiger partial charge in [0.25, 0.3) is 11.5 Å². The average Bonchev–Trinajstić information content (AvgIpc) is 3.65. The number of aryl methyl sites for hydroxylation is 1. The maximum atomic E-state index is 14.8. The highest BCUT2D eigenvalue weighted by Gasteiger charge is 2.53. The molecule has 4 fully saturated rings. The summed E-state index contributed by atoms with van der Waals surface area (Å²) in [6, 6.07) is 17.4. The number of benzene rings is 3. The number of aliphatic hydroxyl groups is 1. The molecular weight excluding hydrogens is 967 g/mol. The summed E-state index contributed by atoms with van der Waals surface area (Å²) in [5.74, 6) is -1.04. The van der Waals surface area contributed by atoms with Crippen molar-refractivity contribution in [1.82, 2.24) is 40.3 Å². The third kappa shape index (κ3) is 9.96. The minimum atomic E-state index is -2.00. The molecule has 2 saturated carbocycles. The molecule has 2 aromatic heterocycles. The standard InChI is InChI=1S/C56H66ClFN8O6S/c1-31-47(73-30-59-31)34-12-10-33(11-13-34)41(61-49(69)44-27-38(67)29-65(44)51(71)48(54(2,3)4)62-53(72)56(58)22-23-56)28-45(68)60-36-15-17-37(18-16-36)64-24-20-32(21-25-64)35-14-19-39-43(26-35)66-42-9-7-8-40(57)46(42)50(70)63-52(66)55(39,5)6/h7-14,19,26,30,32,36-38,41,44,48,67H,15-18,20-25,27-29H2,1-6H3,(H,60,68)(H,61,69)(H,62,72)/t36?,37?,38-,41+,44+,48-/m1/s1. The Morgan fingerprint density at radius 3 is 2.33 bits per heavy atom. The number of fused-ring (bicyclic) bond motifs is 5. The number of carbonyl (C=O) groups excluding carboxylic acids is 4. The van der Waals surface area contributed by atoms with E-state index in [1.165, 1.54) is 21.8 Å². The van der Waals surface area contributed by atoms with Crippen LogP contribution in [0, 0.1) is 12.3 Å². The zero-order valence-corrected chi connectivity index (χ0v) is 44.0. The van der Waals surface area contributed by atoms with Crippen molar-refractivity contribution in [2.24, 2.45) is 5.41 Å². The molecule has 2 saturated heterocycles. The Kier molecular flexibility index (Phi) is 13.7. The van der Waals surface area contributed by atoms with Crippen LogP contribution in [0.3, 0.4) is 0 Å². The molecule has 5 heterocycles. The predicted molar refractivity (Wildman–Crippen MR) is 281 cm³/mol. The summed E-state index contributed by atoms with van der Waals surface area (Å²) < 4.78 is 16.9. The van der Waals surface area contributed by atoms with Gasteiger partial charge in [-0.2, -0.15) is 4.98 Å². The van der Waals surface area contributed by atoms with Crippen LogP contribution in [-0.4, -0.2) is 109 Å². The van der Waals surface area contributed by atoms with Crippen LogP contribution in [0.15, 0.2) is 71.0 Å². The Bertz CT molecular complexity index is 3020. The van der Waals surface area contributed by atoms with Crippen LogP contribution in [0.1, 0.15) is 139 Å². The second-order valence-corrected chi connectivity index (χ2v) is 24.0. The van der Waals surface area contributed by atoms with Gasteiger partial charge in [0.2, 0.25) is 17.7 Å². The number of halogens is 2. The first kappa shape index (κ1) is 51.0. The Balaban J connectivity index is 0.777. The Morgan fingerprint density at radius 1 is 0.959 bits per heavy atom. The van der Waals surface area contributed by atoms with E-state index in [-0.39, 0.29) is 49.7 Å². The van der Waals surface area contributed by atoms with Crippen LogP contribution >= 0.6 is 22.9 Å². The van der Waals surface area contributed by atoms with Gasteiger partial charge < -0.3 is 30.9 Å². The van der Waals surface area contributed by atoms with E-state index in [0.717, 1.165) is 90.3 Å². The molecule has 0 spiro atoms. The summed E-state index contributed by atoms with van der Waals surface area (Å²) in [5, 5.41) is 20.7. The summed E-state index contributed by atoms with van der Waals surface area (Å²) in [6.45, 7) is 13.3. The van der Waals surface area contributed by atoms with Crippen molar-refractivity contribution in [2.75, 3.05) is 19.6 Å². The quantitative estimate of drug-likeness (QED) is 0.0965. The zero-order chi connectivity index (χ0) is 51.7. The molecule has 14 nitrogen and oxygen atoms in total. The summed E-state index contributed by atoms with van der Waals surface area (Å²) >= 11 is 8.08. The molecule has 17 heteroatoms. The van der Waals surface area contributed by atoms with Crippen LogP contribution in [0.4, 0.5) is 4.39 Å². The number of aromatic nitrogens is 3. The highest BCUT2D eigenvalue weighted by atomic mass is 35.5. The molecule has 5 aliphatic rings. The molecule has 386 valence electrons. The van der Waals surface area contributed by atoms with E-state index in [1.807, 2.05) is 43.3 Å². The number of piperidine rings is 1. The molecular formula is C56H66ClFN8O6S. The molecule has 0 unspecified atom stereocenters. The molecule has 4 atom stereocenters. The van der Waals surface area contributed by atoms with Gasteiger partial charge in [-0.3, -0.25) is 28.5 Å². The normalized spacial score (nSPS) is 23.3. The van der Waals surface area contributed by atoms with E-state index in [9.17, 15) is 33.5 Å². The lowest BCUT2D eigenvalue weighted by atomic mass is 9.82. The summed E-state index contributed by atoms with van der Waals surface area (Å²) in [6.07, 6.45) is 4.72. The average molecular weight is 1030 g/mol. The number of rotatable bonds is 12. The number of nitrogens with zero attached hydrogens (tertiary/aromatic N) is 5. The first-order chi connectivity index (χ1) is 34.7. The van der Waals surface area contributed by atoms with Crippen LogP contribution in [0.25, 0.3) is 27.0 Å². The van der Waals surface area contributed by atoms with Crippen molar-refractivity contribution >= 4 is 57.5 Å². The lowest BCUT2D eigenvalue weighted by molar-refractivity contribution is -0.145. The minimum absolute atomic E-state index is 0.0229. The molecule has 0 radical (unpaired) electrons. The molecule has 73 heavy (non-hydrogen) atoms. The molecule has 3 aromatic carbocycles. The Labute approximate surface area is 434 Å². The molecule has 10 rings (SSSR count). The van der Waals surface area contributed by atoms with Crippen molar-refractivity contribution in [3.05, 3.63) is 110 Å². The molecule has 0 bridgehead atoms. The van der Waals surface area contributed by atoms with E-state index >= 15 is 0 Å². The smallest absolute Gasteiger partial charge is 0.282 e. The van der Waals surface area contributed by atoms with Crippen LogP contribution in [0.2, 0.25) is 5.02 Å². The predicted octanol–water partition coefficient (Wildman–Crippen LogP) is 7.96. The largest absolute Gasteiger partial charge is 0.391 e. The fourth-order valence-electron chi connectivity index (χ4n) is 11.9. The van der Waals surface area contributed by atoms with E-state index < -0.39 is 58.4 Å². The third-order valence-corrected chi connectivity index (χ3v) is 17.6. The Hall–Kier alpha value is -5.55. The van der Waals surface area contributed by atoms with Crippen molar-refractivity contribution in [1.29, 1.82) is 0 Å². The number of carbonyl (C=O) groups is 4. The van der Waals surface area contributed by atoms with Gasteiger partial charge in [-0.15, -0.1) is 11.3 Å². The Morgan fingerprint density at radius 2 is 1.67 bits per heavy atom. The van der Waals surface area contributed by atoms with Gasteiger partial charge in [0.1, 0.15) is 17.9 Å². The third-order valence-electron chi connectivity index (χ3n) is 16.3. The zero-order valence-electron chi connectivity index (χ0n) is 42.5. The van der Waals surface area contributed by atoms with Crippen molar-refractivity contribution in [2.45, 2.75) is 159 Å². The summed E-state index contributed by atoms with van der Waals surface area (Å²) in [4.78, 5) is 82.5. The molecule has 4 N–H and O–H groups in total.